The number of hydrogen-bond acceptors (Lipinski definition) is 3. The molecular weight excluding hydrogens is 282 g/mol. The number of amides is 1. The molecule has 0 aliphatic carbocycles. The first-order valence-corrected chi connectivity index (χ1v) is 7.75. The average molecular weight is 309 g/mol. The average Bonchev–Trinajstić information content (AvgIpc) is 2.74. The second-order valence-electron chi connectivity index (χ2n) is 6.51. The van der Waals surface area contributed by atoms with Gasteiger partial charge in [-0.05, 0) is 18.8 Å². The molecular formula is C16H27N3O3. The summed E-state index contributed by atoms with van der Waals surface area (Å²) in [5, 5.41) is 13.1. The molecule has 6 nitrogen and oxygen atoms in total. The monoisotopic (exact) mass is 309 g/mol. The lowest BCUT2D eigenvalue weighted by molar-refractivity contribution is -0.137. The minimum Gasteiger partial charge on any atom is -0.481 e. The maximum absolute atomic E-state index is 12.7. The van der Waals surface area contributed by atoms with E-state index in [4.69, 9.17) is 5.11 Å². The highest BCUT2D eigenvalue weighted by molar-refractivity contribution is 5.95. The van der Waals surface area contributed by atoms with Gasteiger partial charge in [-0.3, -0.25) is 14.3 Å². The van der Waals surface area contributed by atoms with Gasteiger partial charge in [0.15, 0.2) is 0 Å². The summed E-state index contributed by atoms with van der Waals surface area (Å²) in [7, 11) is 0. The van der Waals surface area contributed by atoms with E-state index in [-0.39, 0.29) is 24.8 Å². The summed E-state index contributed by atoms with van der Waals surface area (Å²) < 4.78 is 1.84. The van der Waals surface area contributed by atoms with E-state index >= 15 is 0 Å². The van der Waals surface area contributed by atoms with Gasteiger partial charge in [0, 0.05) is 25.3 Å². The van der Waals surface area contributed by atoms with E-state index in [1.807, 2.05) is 25.5 Å². The first-order chi connectivity index (χ1) is 10.2. The number of carbonyl (C=O) groups is 2. The van der Waals surface area contributed by atoms with Crippen LogP contribution in [0, 0.1) is 18.8 Å². The third-order valence-corrected chi connectivity index (χ3v) is 3.34. The summed E-state index contributed by atoms with van der Waals surface area (Å²) in [6, 6.07) is 0. The van der Waals surface area contributed by atoms with E-state index < -0.39 is 5.97 Å². The number of aromatic nitrogens is 2. The molecule has 0 fully saturated rings. The zero-order chi connectivity index (χ0) is 16.9. The standard InChI is InChI=1S/C16H27N3O3/c1-11(2)9-18(7-6-15(20)21)16(22)14-8-17-19(13(14)5)10-12(3)4/h8,11-12H,6-7,9-10H2,1-5H3,(H,20,21). The molecule has 1 amide bonds. The number of hydrogen-bond donors (Lipinski definition) is 1. The van der Waals surface area contributed by atoms with E-state index in [9.17, 15) is 9.59 Å². The molecule has 1 heterocycles. The summed E-state index contributed by atoms with van der Waals surface area (Å²) in [5.74, 6) is -0.305. The topological polar surface area (TPSA) is 75.4 Å². The lowest BCUT2D eigenvalue weighted by Crippen LogP contribution is -2.36. The number of nitrogens with zero attached hydrogens (tertiary/aromatic N) is 3. The summed E-state index contributed by atoms with van der Waals surface area (Å²) in [4.78, 5) is 25.1. The van der Waals surface area contributed by atoms with Crippen LogP contribution in [0.1, 0.15) is 50.2 Å². The number of carbonyl (C=O) groups excluding carboxylic acids is 1. The van der Waals surface area contributed by atoms with Gasteiger partial charge in [0.25, 0.3) is 5.91 Å². The van der Waals surface area contributed by atoms with E-state index in [2.05, 4.69) is 18.9 Å². The van der Waals surface area contributed by atoms with E-state index in [0.29, 0.717) is 18.0 Å². The molecule has 124 valence electrons. The normalized spacial score (nSPS) is 11.2. The molecule has 0 radical (unpaired) electrons. The van der Waals surface area contributed by atoms with Crippen molar-refractivity contribution < 1.29 is 14.7 Å². The summed E-state index contributed by atoms with van der Waals surface area (Å²) in [5.41, 5.74) is 1.40. The number of carboxylic acid groups (broad SMARTS) is 1. The van der Waals surface area contributed by atoms with Gasteiger partial charge in [-0.2, -0.15) is 5.10 Å². The molecule has 0 unspecified atom stereocenters. The molecule has 0 bridgehead atoms. The molecule has 0 aromatic carbocycles. The van der Waals surface area contributed by atoms with Gasteiger partial charge in [-0.1, -0.05) is 27.7 Å². The molecule has 0 saturated carbocycles. The van der Waals surface area contributed by atoms with Crippen LogP contribution < -0.4 is 0 Å². The van der Waals surface area contributed by atoms with Crippen molar-refractivity contribution in [1.29, 1.82) is 0 Å². The van der Waals surface area contributed by atoms with Crippen molar-refractivity contribution in [2.45, 2.75) is 47.6 Å². The Bertz CT molecular complexity index is 521. The fourth-order valence-electron chi connectivity index (χ4n) is 2.30. The van der Waals surface area contributed by atoms with Crippen molar-refractivity contribution in [2.75, 3.05) is 13.1 Å². The van der Waals surface area contributed by atoms with Crippen LogP contribution in [-0.4, -0.2) is 44.8 Å². The lowest BCUT2D eigenvalue weighted by Gasteiger charge is -2.24. The smallest absolute Gasteiger partial charge is 0.305 e. The Hall–Kier alpha value is -1.85. The van der Waals surface area contributed by atoms with Crippen LogP contribution in [0.5, 0.6) is 0 Å². The van der Waals surface area contributed by atoms with Crippen LogP contribution in [0.4, 0.5) is 0 Å². The molecule has 1 aromatic rings. The molecule has 6 heteroatoms. The summed E-state index contributed by atoms with van der Waals surface area (Å²) in [6.07, 6.45) is 1.55. The quantitative estimate of drug-likeness (QED) is 0.800. The van der Waals surface area contributed by atoms with Crippen LogP contribution in [-0.2, 0) is 11.3 Å². The fraction of sp³-hybridized carbons (Fsp3) is 0.688. The van der Waals surface area contributed by atoms with Gasteiger partial charge in [-0.25, -0.2) is 0 Å². The zero-order valence-corrected chi connectivity index (χ0v) is 14.2. The van der Waals surface area contributed by atoms with Gasteiger partial charge in [0.05, 0.1) is 18.2 Å². The molecule has 0 saturated heterocycles. The van der Waals surface area contributed by atoms with E-state index in [1.54, 1.807) is 11.1 Å². The molecule has 0 aliphatic heterocycles. The number of carboxylic acids is 1. The maximum Gasteiger partial charge on any atom is 0.305 e. The lowest BCUT2D eigenvalue weighted by atomic mass is 10.1. The largest absolute Gasteiger partial charge is 0.481 e. The molecule has 1 rings (SSSR count). The first kappa shape index (κ1) is 18.2. The van der Waals surface area contributed by atoms with Crippen LogP contribution in [0.25, 0.3) is 0 Å². The molecule has 22 heavy (non-hydrogen) atoms. The zero-order valence-electron chi connectivity index (χ0n) is 14.2. The molecule has 1 N–H and O–H groups in total. The molecule has 0 aliphatic rings. The molecule has 0 atom stereocenters. The minimum atomic E-state index is -0.895. The third-order valence-electron chi connectivity index (χ3n) is 3.34. The van der Waals surface area contributed by atoms with Crippen LogP contribution in [0.2, 0.25) is 0 Å². The Morgan fingerprint density at radius 1 is 1.27 bits per heavy atom. The second kappa shape index (κ2) is 7.96. The highest BCUT2D eigenvalue weighted by Crippen LogP contribution is 2.14. The predicted octanol–water partition coefficient (Wildman–Crippen LogP) is 2.42. The van der Waals surface area contributed by atoms with Crippen molar-refractivity contribution in [1.82, 2.24) is 14.7 Å². The van der Waals surface area contributed by atoms with Crippen LogP contribution >= 0.6 is 0 Å². The Balaban J connectivity index is 2.93. The van der Waals surface area contributed by atoms with Gasteiger partial charge >= 0.3 is 5.97 Å². The SMILES string of the molecule is Cc1c(C(=O)N(CCC(=O)O)CC(C)C)cnn1CC(C)C. The maximum atomic E-state index is 12.7. The summed E-state index contributed by atoms with van der Waals surface area (Å²) >= 11 is 0. The minimum absolute atomic E-state index is 0.0440. The van der Waals surface area contributed by atoms with Crippen LogP contribution in [0.3, 0.4) is 0 Å². The van der Waals surface area contributed by atoms with Gasteiger partial charge in [0.1, 0.15) is 0 Å². The number of rotatable bonds is 8. The highest BCUT2D eigenvalue weighted by atomic mass is 16.4. The van der Waals surface area contributed by atoms with Crippen molar-refractivity contribution in [3.63, 3.8) is 0 Å². The Morgan fingerprint density at radius 2 is 1.91 bits per heavy atom. The van der Waals surface area contributed by atoms with E-state index in [0.717, 1.165) is 12.2 Å². The van der Waals surface area contributed by atoms with Crippen molar-refractivity contribution in [3.05, 3.63) is 17.5 Å². The Labute approximate surface area is 132 Å². The Kier molecular flexibility index (Phi) is 6.59. The predicted molar refractivity (Wildman–Crippen MR) is 84.8 cm³/mol. The van der Waals surface area contributed by atoms with Crippen molar-refractivity contribution >= 4 is 11.9 Å². The fourth-order valence-corrected chi connectivity index (χ4v) is 2.30. The number of aliphatic carboxylic acids is 1. The van der Waals surface area contributed by atoms with Crippen LogP contribution in [0.15, 0.2) is 6.20 Å². The summed E-state index contributed by atoms with van der Waals surface area (Å²) in [6.45, 7) is 11.6. The van der Waals surface area contributed by atoms with Gasteiger partial charge < -0.3 is 10.0 Å². The van der Waals surface area contributed by atoms with Crippen molar-refractivity contribution in [2.24, 2.45) is 11.8 Å². The third kappa shape index (κ3) is 5.16. The van der Waals surface area contributed by atoms with Gasteiger partial charge in [0.2, 0.25) is 0 Å². The van der Waals surface area contributed by atoms with E-state index in [1.165, 1.54) is 0 Å². The van der Waals surface area contributed by atoms with Crippen molar-refractivity contribution in [3.8, 4) is 0 Å². The first-order valence-electron chi connectivity index (χ1n) is 7.75. The van der Waals surface area contributed by atoms with Gasteiger partial charge in [-0.15, -0.1) is 0 Å². The Morgan fingerprint density at radius 3 is 2.41 bits per heavy atom. The second-order valence-corrected chi connectivity index (χ2v) is 6.51. The highest BCUT2D eigenvalue weighted by Gasteiger charge is 2.22. The molecule has 0 spiro atoms. The molecule has 1 aromatic heterocycles.